The van der Waals surface area contributed by atoms with Crippen molar-refractivity contribution in [3.63, 3.8) is 0 Å². The van der Waals surface area contributed by atoms with Crippen LogP contribution in [-0.2, 0) is 14.3 Å². The minimum absolute atomic E-state index is 0.0149. The van der Waals surface area contributed by atoms with Crippen LogP contribution in [0.25, 0.3) is 6.08 Å². The number of benzene rings is 2. The topological polar surface area (TPSA) is 68.2 Å². The highest BCUT2D eigenvalue weighted by Crippen LogP contribution is 2.40. The highest BCUT2D eigenvalue weighted by Gasteiger charge is 2.41. The van der Waals surface area contributed by atoms with Crippen LogP contribution in [-0.4, -0.2) is 41.2 Å². The van der Waals surface area contributed by atoms with Crippen molar-refractivity contribution >= 4 is 40.6 Å². The second kappa shape index (κ2) is 11.4. The lowest BCUT2D eigenvalue weighted by molar-refractivity contribution is -0.145. The molecule has 1 amide bonds. The maximum Gasteiger partial charge on any atom is 0.344 e. The van der Waals surface area contributed by atoms with E-state index >= 15 is 0 Å². The van der Waals surface area contributed by atoms with Gasteiger partial charge in [-0.3, -0.25) is 9.69 Å². The molecule has 2 aromatic carbocycles. The first kappa shape index (κ1) is 24.1. The predicted octanol–water partition coefficient (Wildman–Crippen LogP) is 5.81. The van der Waals surface area contributed by atoms with Crippen molar-refractivity contribution in [3.05, 3.63) is 65.1 Å². The van der Waals surface area contributed by atoms with E-state index in [9.17, 15) is 9.59 Å². The second-order valence-corrected chi connectivity index (χ2v) is 9.52. The van der Waals surface area contributed by atoms with Crippen LogP contribution in [0.3, 0.4) is 0 Å². The maximum atomic E-state index is 13.5. The smallest absolute Gasteiger partial charge is 0.344 e. The highest BCUT2D eigenvalue weighted by atomic mass is 32.2. The number of carbonyl (C=O) groups excluding carboxylic acids is 2. The zero-order valence-electron chi connectivity index (χ0n) is 19.6. The number of hydrogen-bond donors (Lipinski definition) is 0. The van der Waals surface area contributed by atoms with Crippen molar-refractivity contribution in [3.8, 4) is 5.75 Å². The van der Waals surface area contributed by atoms with Crippen molar-refractivity contribution in [2.24, 2.45) is 10.9 Å². The quantitative estimate of drug-likeness (QED) is 0.371. The van der Waals surface area contributed by atoms with E-state index < -0.39 is 5.97 Å². The van der Waals surface area contributed by atoms with Crippen molar-refractivity contribution in [1.82, 2.24) is 4.90 Å². The number of aliphatic imine (C=N–C) groups is 1. The molecular weight excluding hydrogens is 448 g/mol. The number of rotatable bonds is 7. The molecule has 1 aliphatic heterocycles. The van der Waals surface area contributed by atoms with Gasteiger partial charge < -0.3 is 9.47 Å². The van der Waals surface area contributed by atoms with Gasteiger partial charge in [-0.1, -0.05) is 50.1 Å². The molecule has 0 aromatic heterocycles. The van der Waals surface area contributed by atoms with Crippen molar-refractivity contribution in [2.75, 3.05) is 13.2 Å². The Morgan fingerprint density at radius 1 is 1.12 bits per heavy atom. The number of amidine groups is 1. The van der Waals surface area contributed by atoms with Crippen molar-refractivity contribution < 1.29 is 19.1 Å². The fraction of sp³-hybridized carbons (Fsp3) is 0.370. The lowest BCUT2D eigenvalue weighted by Gasteiger charge is -2.35. The Bertz CT molecular complexity index is 1070. The Hall–Kier alpha value is -3.06. The van der Waals surface area contributed by atoms with Crippen LogP contribution in [0.2, 0.25) is 0 Å². The lowest BCUT2D eigenvalue weighted by atomic mass is 9.85. The molecule has 1 aliphatic carbocycles. The summed E-state index contributed by atoms with van der Waals surface area (Å²) in [5.74, 6) is 0.629. The summed E-state index contributed by atoms with van der Waals surface area (Å²) >= 11 is 1.43. The van der Waals surface area contributed by atoms with E-state index in [4.69, 9.17) is 14.5 Å². The van der Waals surface area contributed by atoms with E-state index in [1.807, 2.05) is 53.4 Å². The Labute approximate surface area is 205 Å². The van der Waals surface area contributed by atoms with Gasteiger partial charge in [0.25, 0.3) is 5.91 Å². The summed E-state index contributed by atoms with van der Waals surface area (Å²) in [6, 6.07) is 17.3. The first-order chi connectivity index (χ1) is 16.5. The standard InChI is InChI=1S/C27H30N2O4S/c1-3-32-25(30)18-33-22-15-13-20(14-16-22)17-24-26(31)29(23-12-8-7-9-19(23)2)27(34-24)28-21-10-5-4-6-11-21/h4-6,10-11,13-17,19,23H,3,7-9,12,18H2,1-2H3/b24-17-,28-27?/t19-,23+/m1/s1. The van der Waals surface area contributed by atoms with Crippen LogP contribution < -0.4 is 4.74 Å². The van der Waals surface area contributed by atoms with Gasteiger partial charge in [-0.15, -0.1) is 0 Å². The summed E-state index contributed by atoms with van der Waals surface area (Å²) in [5, 5.41) is 0.746. The van der Waals surface area contributed by atoms with E-state index in [1.54, 1.807) is 19.1 Å². The lowest BCUT2D eigenvalue weighted by Crippen LogP contribution is -2.44. The van der Waals surface area contributed by atoms with Crippen LogP contribution >= 0.6 is 11.8 Å². The SMILES string of the molecule is CCOC(=O)COc1ccc(/C=C2\SC(=Nc3ccccc3)N([C@H]3CCCC[C@H]3C)C2=O)cc1. The van der Waals surface area contributed by atoms with Gasteiger partial charge in [-0.25, -0.2) is 9.79 Å². The summed E-state index contributed by atoms with van der Waals surface area (Å²) in [6.07, 6.45) is 6.38. The Kier molecular flexibility index (Phi) is 8.06. The summed E-state index contributed by atoms with van der Waals surface area (Å²) in [7, 11) is 0. The van der Waals surface area contributed by atoms with Gasteiger partial charge >= 0.3 is 5.97 Å². The highest BCUT2D eigenvalue weighted by molar-refractivity contribution is 8.18. The van der Waals surface area contributed by atoms with E-state index in [1.165, 1.54) is 18.2 Å². The molecule has 0 spiro atoms. The number of esters is 1. The molecule has 1 heterocycles. The number of para-hydroxylation sites is 1. The molecular formula is C27H30N2O4S. The third kappa shape index (κ3) is 5.89. The molecule has 0 unspecified atom stereocenters. The first-order valence-electron chi connectivity index (χ1n) is 11.8. The van der Waals surface area contributed by atoms with Gasteiger partial charge in [0.1, 0.15) is 5.75 Å². The molecule has 2 aromatic rings. The van der Waals surface area contributed by atoms with E-state index in [2.05, 4.69) is 6.92 Å². The number of thioether (sulfide) groups is 1. The largest absolute Gasteiger partial charge is 0.482 e. The normalized spacial score (nSPS) is 22.9. The molecule has 178 valence electrons. The first-order valence-corrected chi connectivity index (χ1v) is 12.6. The van der Waals surface area contributed by atoms with Crippen LogP contribution in [0.5, 0.6) is 5.75 Å². The Morgan fingerprint density at radius 2 is 1.85 bits per heavy atom. The molecule has 0 bridgehead atoms. The van der Waals surface area contributed by atoms with E-state index in [0.717, 1.165) is 35.7 Å². The molecule has 2 fully saturated rings. The van der Waals surface area contributed by atoms with Crippen LogP contribution in [0.4, 0.5) is 5.69 Å². The molecule has 2 atom stereocenters. The van der Waals surface area contributed by atoms with Crippen molar-refractivity contribution in [2.45, 2.75) is 45.6 Å². The summed E-state index contributed by atoms with van der Waals surface area (Å²) < 4.78 is 10.3. The number of amides is 1. The molecule has 1 saturated carbocycles. The van der Waals surface area contributed by atoms with Crippen molar-refractivity contribution in [1.29, 1.82) is 0 Å². The Balaban J connectivity index is 1.55. The minimum atomic E-state index is -0.399. The van der Waals surface area contributed by atoms with Gasteiger partial charge in [-0.05, 0) is 73.4 Å². The molecule has 2 aliphatic rings. The fourth-order valence-corrected chi connectivity index (χ4v) is 5.35. The summed E-state index contributed by atoms with van der Waals surface area (Å²) in [6.45, 7) is 4.19. The van der Waals surface area contributed by atoms with E-state index in [-0.39, 0.29) is 18.6 Å². The molecule has 0 radical (unpaired) electrons. The van der Waals surface area contributed by atoms with Crippen LogP contribution in [0, 0.1) is 5.92 Å². The number of hydrogen-bond acceptors (Lipinski definition) is 6. The second-order valence-electron chi connectivity index (χ2n) is 8.51. The Morgan fingerprint density at radius 3 is 2.56 bits per heavy atom. The molecule has 1 saturated heterocycles. The number of carbonyl (C=O) groups is 2. The predicted molar refractivity (Wildman–Crippen MR) is 136 cm³/mol. The van der Waals surface area contributed by atoms with Crippen LogP contribution in [0.1, 0.15) is 45.1 Å². The number of nitrogens with zero attached hydrogens (tertiary/aromatic N) is 2. The monoisotopic (exact) mass is 478 g/mol. The van der Waals surface area contributed by atoms with Crippen LogP contribution in [0.15, 0.2) is 64.5 Å². The molecule has 4 rings (SSSR count). The molecule has 7 heteroatoms. The van der Waals surface area contributed by atoms with E-state index in [0.29, 0.717) is 23.2 Å². The van der Waals surface area contributed by atoms with Gasteiger partial charge in [-0.2, -0.15) is 0 Å². The minimum Gasteiger partial charge on any atom is -0.482 e. The zero-order chi connectivity index (χ0) is 23.9. The fourth-order valence-electron chi connectivity index (χ4n) is 4.31. The summed E-state index contributed by atoms with van der Waals surface area (Å²) in [5.41, 5.74) is 1.73. The molecule has 34 heavy (non-hydrogen) atoms. The third-order valence-corrected chi connectivity index (χ3v) is 7.04. The average molecular weight is 479 g/mol. The van der Waals surface area contributed by atoms with Gasteiger partial charge in [0, 0.05) is 6.04 Å². The zero-order valence-corrected chi connectivity index (χ0v) is 20.4. The molecule has 0 N–H and O–H groups in total. The van der Waals surface area contributed by atoms with Gasteiger partial charge in [0.15, 0.2) is 11.8 Å². The van der Waals surface area contributed by atoms with Gasteiger partial charge in [0.2, 0.25) is 0 Å². The average Bonchev–Trinajstić information content (AvgIpc) is 3.14. The summed E-state index contributed by atoms with van der Waals surface area (Å²) in [4.78, 5) is 32.4. The maximum absolute atomic E-state index is 13.5. The van der Waals surface area contributed by atoms with Gasteiger partial charge in [0.05, 0.1) is 17.2 Å². The molecule has 6 nitrogen and oxygen atoms in total. The number of ether oxygens (including phenoxy) is 2. The third-order valence-electron chi connectivity index (χ3n) is 6.06.